The first-order valence-electron chi connectivity index (χ1n) is 5.93. The van der Waals surface area contributed by atoms with Crippen LogP contribution in [0.1, 0.15) is 19.4 Å². The molecule has 94 valence electrons. The number of nitrogens with one attached hydrogen (secondary N) is 1. The van der Waals surface area contributed by atoms with Crippen LogP contribution in [0.5, 0.6) is 0 Å². The normalized spacial score (nSPS) is 18.4. The number of nitrogens with zero attached hydrogens (tertiary/aromatic N) is 1. The Bertz CT molecular complexity index is 398. The van der Waals surface area contributed by atoms with E-state index < -0.39 is 11.6 Å². The molecule has 0 amide bonds. The van der Waals surface area contributed by atoms with Crippen LogP contribution in [0.15, 0.2) is 18.2 Å². The van der Waals surface area contributed by atoms with Crippen LogP contribution in [0.25, 0.3) is 0 Å². The smallest absolute Gasteiger partial charge is 0.159 e. The van der Waals surface area contributed by atoms with Crippen molar-refractivity contribution < 1.29 is 8.78 Å². The molecule has 1 saturated heterocycles. The summed E-state index contributed by atoms with van der Waals surface area (Å²) in [6.07, 6.45) is 0. The van der Waals surface area contributed by atoms with E-state index in [1.54, 1.807) is 6.07 Å². The van der Waals surface area contributed by atoms with Gasteiger partial charge in [0, 0.05) is 31.7 Å². The summed E-state index contributed by atoms with van der Waals surface area (Å²) in [6.45, 7) is 7.81. The van der Waals surface area contributed by atoms with Gasteiger partial charge in [-0.2, -0.15) is 0 Å². The lowest BCUT2D eigenvalue weighted by atomic mass is 9.91. The molecular weight excluding hydrogens is 222 g/mol. The van der Waals surface area contributed by atoms with Gasteiger partial charge >= 0.3 is 0 Å². The van der Waals surface area contributed by atoms with Crippen molar-refractivity contribution >= 4 is 0 Å². The standard InChI is InChI=1S/C13H18F2N2/c1-13(2,17-7-5-16-6-8-17)10-3-4-11(14)12(15)9-10/h3-4,9,16H,5-8H2,1-2H3. The van der Waals surface area contributed by atoms with Crippen LogP contribution in [0.2, 0.25) is 0 Å². The van der Waals surface area contributed by atoms with Crippen molar-refractivity contribution in [3.63, 3.8) is 0 Å². The fourth-order valence-corrected chi connectivity index (χ4v) is 2.28. The van der Waals surface area contributed by atoms with E-state index in [1.165, 1.54) is 12.1 Å². The fraction of sp³-hybridized carbons (Fsp3) is 0.538. The molecule has 1 fully saturated rings. The third-order valence-corrected chi connectivity index (χ3v) is 3.53. The van der Waals surface area contributed by atoms with Gasteiger partial charge in [0.25, 0.3) is 0 Å². The molecule has 0 aliphatic carbocycles. The maximum atomic E-state index is 13.3. The Hall–Kier alpha value is -1.00. The molecule has 0 saturated carbocycles. The average molecular weight is 240 g/mol. The maximum Gasteiger partial charge on any atom is 0.159 e. The molecule has 1 N–H and O–H groups in total. The molecule has 0 radical (unpaired) electrons. The quantitative estimate of drug-likeness (QED) is 0.851. The molecule has 2 nitrogen and oxygen atoms in total. The zero-order chi connectivity index (χ0) is 12.5. The number of benzene rings is 1. The van der Waals surface area contributed by atoms with Crippen LogP contribution in [-0.4, -0.2) is 31.1 Å². The Morgan fingerprint density at radius 3 is 2.35 bits per heavy atom. The second-order valence-corrected chi connectivity index (χ2v) is 4.92. The topological polar surface area (TPSA) is 15.3 Å². The summed E-state index contributed by atoms with van der Waals surface area (Å²) in [6, 6.07) is 4.17. The highest BCUT2D eigenvalue weighted by atomic mass is 19.2. The summed E-state index contributed by atoms with van der Waals surface area (Å²) < 4.78 is 26.2. The van der Waals surface area contributed by atoms with Crippen LogP contribution in [0.4, 0.5) is 8.78 Å². The van der Waals surface area contributed by atoms with Gasteiger partial charge in [-0.3, -0.25) is 4.90 Å². The SMILES string of the molecule is CC(C)(c1ccc(F)c(F)c1)N1CCNCC1. The second kappa shape index (κ2) is 4.70. The predicted octanol–water partition coefficient (Wildman–Crippen LogP) is 2.11. The minimum atomic E-state index is -0.787. The lowest BCUT2D eigenvalue weighted by Crippen LogP contribution is -2.51. The Balaban J connectivity index is 2.26. The molecule has 1 heterocycles. The first-order valence-corrected chi connectivity index (χ1v) is 5.93. The van der Waals surface area contributed by atoms with Crippen molar-refractivity contribution in [3.05, 3.63) is 35.4 Å². The van der Waals surface area contributed by atoms with Gasteiger partial charge in [-0.1, -0.05) is 6.07 Å². The largest absolute Gasteiger partial charge is 0.314 e. The summed E-state index contributed by atoms with van der Waals surface area (Å²) in [5, 5.41) is 3.28. The maximum absolute atomic E-state index is 13.3. The lowest BCUT2D eigenvalue weighted by Gasteiger charge is -2.41. The monoisotopic (exact) mass is 240 g/mol. The number of piperazine rings is 1. The first-order chi connectivity index (χ1) is 8.01. The molecule has 1 aromatic rings. The molecule has 0 spiro atoms. The Kier molecular flexibility index (Phi) is 3.45. The zero-order valence-corrected chi connectivity index (χ0v) is 10.3. The molecule has 17 heavy (non-hydrogen) atoms. The van der Waals surface area contributed by atoms with E-state index in [0.29, 0.717) is 0 Å². The molecule has 1 aromatic carbocycles. The summed E-state index contributed by atoms with van der Waals surface area (Å²) >= 11 is 0. The van der Waals surface area contributed by atoms with Gasteiger partial charge in [-0.15, -0.1) is 0 Å². The minimum Gasteiger partial charge on any atom is -0.314 e. The van der Waals surface area contributed by atoms with E-state index in [0.717, 1.165) is 31.7 Å². The predicted molar refractivity (Wildman–Crippen MR) is 63.8 cm³/mol. The summed E-state index contributed by atoms with van der Waals surface area (Å²) in [7, 11) is 0. The van der Waals surface area contributed by atoms with Crippen LogP contribution >= 0.6 is 0 Å². The van der Waals surface area contributed by atoms with Gasteiger partial charge in [-0.25, -0.2) is 8.78 Å². The fourth-order valence-electron chi connectivity index (χ4n) is 2.28. The highest BCUT2D eigenvalue weighted by Gasteiger charge is 2.30. The van der Waals surface area contributed by atoms with Crippen molar-refractivity contribution in [1.29, 1.82) is 0 Å². The van der Waals surface area contributed by atoms with Crippen molar-refractivity contribution in [2.75, 3.05) is 26.2 Å². The summed E-state index contributed by atoms with van der Waals surface area (Å²) in [4.78, 5) is 2.29. The van der Waals surface area contributed by atoms with Gasteiger partial charge in [0.2, 0.25) is 0 Å². The van der Waals surface area contributed by atoms with E-state index in [9.17, 15) is 8.78 Å². The van der Waals surface area contributed by atoms with Crippen molar-refractivity contribution in [2.24, 2.45) is 0 Å². The van der Waals surface area contributed by atoms with Gasteiger partial charge in [-0.05, 0) is 31.5 Å². The molecular formula is C13H18F2N2. The highest BCUT2D eigenvalue weighted by Crippen LogP contribution is 2.28. The Morgan fingerprint density at radius 2 is 1.76 bits per heavy atom. The number of hydrogen-bond donors (Lipinski definition) is 1. The number of hydrogen-bond acceptors (Lipinski definition) is 2. The average Bonchev–Trinajstić information content (AvgIpc) is 2.33. The molecule has 0 atom stereocenters. The van der Waals surface area contributed by atoms with Crippen LogP contribution < -0.4 is 5.32 Å². The lowest BCUT2D eigenvalue weighted by molar-refractivity contribution is 0.102. The third-order valence-electron chi connectivity index (χ3n) is 3.53. The summed E-state index contributed by atoms with van der Waals surface area (Å²) in [5.74, 6) is -1.56. The van der Waals surface area contributed by atoms with Gasteiger partial charge in [0.15, 0.2) is 11.6 Å². The van der Waals surface area contributed by atoms with Gasteiger partial charge in [0.1, 0.15) is 0 Å². The van der Waals surface area contributed by atoms with E-state index in [4.69, 9.17) is 0 Å². The molecule has 2 rings (SSSR count). The minimum absolute atomic E-state index is 0.267. The van der Waals surface area contributed by atoms with E-state index in [-0.39, 0.29) is 5.54 Å². The number of rotatable bonds is 2. The van der Waals surface area contributed by atoms with Crippen LogP contribution in [-0.2, 0) is 5.54 Å². The summed E-state index contributed by atoms with van der Waals surface area (Å²) in [5.41, 5.74) is 0.551. The van der Waals surface area contributed by atoms with E-state index in [1.807, 2.05) is 13.8 Å². The highest BCUT2D eigenvalue weighted by molar-refractivity contribution is 5.25. The molecule has 0 unspecified atom stereocenters. The second-order valence-electron chi connectivity index (χ2n) is 4.92. The van der Waals surface area contributed by atoms with E-state index >= 15 is 0 Å². The van der Waals surface area contributed by atoms with Gasteiger partial charge < -0.3 is 5.32 Å². The van der Waals surface area contributed by atoms with Crippen molar-refractivity contribution in [3.8, 4) is 0 Å². The third kappa shape index (κ3) is 2.48. The number of halogens is 2. The Labute approximate surface area is 101 Å². The van der Waals surface area contributed by atoms with E-state index in [2.05, 4.69) is 10.2 Å². The van der Waals surface area contributed by atoms with Crippen molar-refractivity contribution in [1.82, 2.24) is 10.2 Å². The zero-order valence-electron chi connectivity index (χ0n) is 10.3. The van der Waals surface area contributed by atoms with Crippen LogP contribution in [0, 0.1) is 11.6 Å². The van der Waals surface area contributed by atoms with Crippen LogP contribution in [0.3, 0.4) is 0 Å². The van der Waals surface area contributed by atoms with Gasteiger partial charge in [0.05, 0.1) is 0 Å². The molecule has 0 bridgehead atoms. The molecule has 0 aromatic heterocycles. The molecule has 4 heteroatoms. The van der Waals surface area contributed by atoms with Crippen molar-refractivity contribution in [2.45, 2.75) is 19.4 Å². The molecule has 1 aliphatic rings. The first kappa shape index (κ1) is 12.5. The molecule has 1 aliphatic heterocycles. The Morgan fingerprint density at radius 1 is 1.12 bits per heavy atom.